The van der Waals surface area contributed by atoms with E-state index in [-0.39, 0.29) is 5.91 Å². The minimum atomic E-state index is -0.0730. The zero-order chi connectivity index (χ0) is 17.1. The van der Waals surface area contributed by atoms with Crippen LogP contribution in [0.3, 0.4) is 0 Å². The molecule has 1 aromatic heterocycles. The average molecular weight is 329 g/mol. The van der Waals surface area contributed by atoms with Crippen molar-refractivity contribution in [2.75, 3.05) is 19.5 Å². The van der Waals surface area contributed by atoms with Crippen LogP contribution in [0.25, 0.3) is 0 Å². The number of hydrogen-bond donors (Lipinski definition) is 1. The van der Waals surface area contributed by atoms with Crippen LogP contribution in [0.2, 0.25) is 0 Å². The number of hydrogen-bond acceptors (Lipinski definition) is 4. The highest BCUT2D eigenvalue weighted by atomic mass is 16.5. The molecule has 1 aliphatic rings. The van der Waals surface area contributed by atoms with Crippen molar-refractivity contribution in [2.45, 2.75) is 32.1 Å². The van der Waals surface area contributed by atoms with Crippen LogP contribution in [0.5, 0.6) is 11.5 Å². The first kappa shape index (κ1) is 16.4. The number of rotatable bonds is 7. The van der Waals surface area contributed by atoms with Gasteiger partial charge in [0, 0.05) is 24.8 Å². The Bertz CT molecular complexity index is 722. The number of methoxy groups -OCH3 is 2. The van der Waals surface area contributed by atoms with Gasteiger partial charge < -0.3 is 19.2 Å². The van der Waals surface area contributed by atoms with E-state index in [1.54, 1.807) is 32.4 Å². The van der Waals surface area contributed by atoms with Gasteiger partial charge in [-0.05, 0) is 36.6 Å². The van der Waals surface area contributed by atoms with E-state index in [9.17, 15) is 4.79 Å². The van der Waals surface area contributed by atoms with Crippen LogP contribution in [0.15, 0.2) is 34.7 Å². The molecule has 2 aromatic rings. The summed E-state index contributed by atoms with van der Waals surface area (Å²) in [4.78, 5) is 12.2. The quantitative estimate of drug-likeness (QED) is 0.834. The fourth-order valence-electron chi connectivity index (χ4n) is 2.80. The topological polar surface area (TPSA) is 60.7 Å². The minimum absolute atomic E-state index is 0.0730. The highest BCUT2D eigenvalue weighted by molar-refractivity contribution is 5.92. The van der Waals surface area contributed by atoms with Crippen LogP contribution in [-0.2, 0) is 11.2 Å². The highest BCUT2D eigenvalue weighted by Crippen LogP contribution is 2.47. The molecule has 1 N–H and O–H groups in total. The maximum atomic E-state index is 12.2. The minimum Gasteiger partial charge on any atom is -0.497 e. The Hall–Kier alpha value is -2.43. The molecule has 1 saturated carbocycles. The summed E-state index contributed by atoms with van der Waals surface area (Å²) in [5.41, 5.74) is 0.634. The van der Waals surface area contributed by atoms with Crippen molar-refractivity contribution < 1.29 is 18.7 Å². The number of benzene rings is 1. The van der Waals surface area contributed by atoms with Crippen LogP contribution < -0.4 is 14.8 Å². The van der Waals surface area contributed by atoms with E-state index >= 15 is 0 Å². The molecule has 3 rings (SSSR count). The summed E-state index contributed by atoms with van der Waals surface area (Å²) in [6.45, 7) is 2.22. The smallest absolute Gasteiger partial charge is 0.224 e. The van der Waals surface area contributed by atoms with Gasteiger partial charge in [0.25, 0.3) is 0 Å². The van der Waals surface area contributed by atoms with Gasteiger partial charge in [-0.3, -0.25) is 4.79 Å². The maximum absolute atomic E-state index is 12.2. The standard InChI is InChI=1S/C19H23NO4/c1-12-10-15(12)17-8-5-13(24-17)6-9-19(21)20-16-7-4-14(22-2)11-18(16)23-3/h4-5,7-8,11-12,15H,6,9-10H2,1-3H3,(H,20,21). The molecule has 0 bridgehead atoms. The van der Waals surface area contributed by atoms with Gasteiger partial charge in [-0.2, -0.15) is 0 Å². The van der Waals surface area contributed by atoms with Crippen LogP contribution in [0.1, 0.15) is 37.2 Å². The molecule has 0 saturated heterocycles. The van der Waals surface area contributed by atoms with Crippen LogP contribution in [-0.4, -0.2) is 20.1 Å². The van der Waals surface area contributed by atoms with Gasteiger partial charge in [-0.1, -0.05) is 6.92 Å². The zero-order valence-electron chi connectivity index (χ0n) is 14.3. The molecular formula is C19H23NO4. The maximum Gasteiger partial charge on any atom is 0.224 e. The predicted octanol–water partition coefficient (Wildman–Crippen LogP) is 3.99. The number of carbonyl (C=O) groups excluding carboxylic acids is 1. The summed E-state index contributed by atoms with van der Waals surface area (Å²) in [7, 11) is 3.15. The molecule has 1 fully saturated rings. The first-order chi connectivity index (χ1) is 11.6. The molecule has 1 aliphatic carbocycles. The Morgan fingerprint density at radius 3 is 2.71 bits per heavy atom. The highest BCUT2D eigenvalue weighted by Gasteiger charge is 2.36. The Balaban J connectivity index is 1.55. The molecule has 1 heterocycles. The van der Waals surface area contributed by atoms with E-state index in [4.69, 9.17) is 13.9 Å². The molecule has 5 heteroatoms. The van der Waals surface area contributed by atoms with Crippen LogP contribution in [0, 0.1) is 5.92 Å². The molecule has 2 atom stereocenters. The number of nitrogens with one attached hydrogen (secondary N) is 1. The molecule has 1 amide bonds. The predicted molar refractivity (Wildman–Crippen MR) is 91.7 cm³/mol. The molecule has 0 spiro atoms. The average Bonchev–Trinajstić information content (AvgIpc) is 3.13. The third kappa shape index (κ3) is 3.72. The second kappa shape index (κ2) is 6.99. The summed E-state index contributed by atoms with van der Waals surface area (Å²) in [5.74, 6) is 4.38. The van der Waals surface area contributed by atoms with Gasteiger partial charge in [0.05, 0.1) is 19.9 Å². The lowest BCUT2D eigenvalue weighted by Gasteiger charge is -2.11. The Morgan fingerprint density at radius 1 is 1.25 bits per heavy atom. The van der Waals surface area contributed by atoms with Crippen LogP contribution >= 0.6 is 0 Å². The van der Waals surface area contributed by atoms with Crippen LogP contribution in [0.4, 0.5) is 5.69 Å². The summed E-state index contributed by atoms with van der Waals surface area (Å²) < 4.78 is 16.3. The number of furan rings is 1. The summed E-state index contributed by atoms with van der Waals surface area (Å²) in [5, 5.41) is 2.87. The molecule has 5 nitrogen and oxygen atoms in total. The summed E-state index contributed by atoms with van der Waals surface area (Å²) >= 11 is 0. The van der Waals surface area contributed by atoms with Gasteiger partial charge in [0.1, 0.15) is 23.0 Å². The molecular weight excluding hydrogens is 306 g/mol. The number of carbonyl (C=O) groups is 1. The van der Waals surface area contributed by atoms with Gasteiger partial charge in [0.15, 0.2) is 0 Å². The second-order valence-electron chi connectivity index (χ2n) is 6.24. The molecule has 0 radical (unpaired) electrons. The van der Waals surface area contributed by atoms with Crippen molar-refractivity contribution in [3.8, 4) is 11.5 Å². The fourth-order valence-corrected chi connectivity index (χ4v) is 2.80. The van der Waals surface area contributed by atoms with Gasteiger partial charge >= 0.3 is 0 Å². The first-order valence-corrected chi connectivity index (χ1v) is 8.21. The van der Waals surface area contributed by atoms with Crippen molar-refractivity contribution >= 4 is 11.6 Å². The second-order valence-corrected chi connectivity index (χ2v) is 6.24. The first-order valence-electron chi connectivity index (χ1n) is 8.21. The van der Waals surface area contributed by atoms with Crippen molar-refractivity contribution in [3.63, 3.8) is 0 Å². The Morgan fingerprint density at radius 2 is 2.04 bits per heavy atom. The van der Waals surface area contributed by atoms with E-state index < -0.39 is 0 Å². The van der Waals surface area contributed by atoms with Gasteiger partial charge in [-0.15, -0.1) is 0 Å². The number of anilines is 1. The number of amides is 1. The normalized spacial score (nSPS) is 19.0. The number of aryl methyl sites for hydroxylation is 1. The van der Waals surface area contributed by atoms with Gasteiger partial charge in [0.2, 0.25) is 5.91 Å². The molecule has 24 heavy (non-hydrogen) atoms. The molecule has 128 valence electrons. The monoisotopic (exact) mass is 329 g/mol. The zero-order valence-corrected chi connectivity index (χ0v) is 14.3. The van der Waals surface area contributed by atoms with E-state index in [0.29, 0.717) is 35.9 Å². The SMILES string of the molecule is COc1ccc(NC(=O)CCc2ccc(C3CC3C)o2)c(OC)c1. The molecule has 0 aliphatic heterocycles. The Labute approximate surface area is 141 Å². The van der Waals surface area contributed by atoms with Crippen molar-refractivity contribution in [1.29, 1.82) is 0 Å². The van der Waals surface area contributed by atoms with E-state index in [2.05, 4.69) is 12.2 Å². The third-order valence-corrected chi connectivity index (χ3v) is 4.44. The molecule has 2 unspecified atom stereocenters. The Kier molecular flexibility index (Phi) is 4.79. The molecule has 1 aromatic carbocycles. The third-order valence-electron chi connectivity index (χ3n) is 4.44. The lowest BCUT2D eigenvalue weighted by atomic mass is 10.2. The van der Waals surface area contributed by atoms with Crippen molar-refractivity contribution in [3.05, 3.63) is 41.9 Å². The van der Waals surface area contributed by atoms with Crippen molar-refractivity contribution in [1.82, 2.24) is 0 Å². The van der Waals surface area contributed by atoms with E-state index in [1.807, 2.05) is 12.1 Å². The number of ether oxygens (including phenoxy) is 2. The van der Waals surface area contributed by atoms with Crippen molar-refractivity contribution in [2.24, 2.45) is 5.92 Å². The van der Waals surface area contributed by atoms with Gasteiger partial charge in [-0.25, -0.2) is 0 Å². The largest absolute Gasteiger partial charge is 0.497 e. The summed E-state index contributed by atoms with van der Waals surface area (Å²) in [6.07, 6.45) is 2.15. The van der Waals surface area contributed by atoms with E-state index in [0.717, 1.165) is 17.4 Å². The fraction of sp³-hybridized carbons (Fsp3) is 0.421. The summed E-state index contributed by atoms with van der Waals surface area (Å²) in [6, 6.07) is 9.31. The van der Waals surface area contributed by atoms with E-state index in [1.165, 1.54) is 6.42 Å². The lowest BCUT2D eigenvalue weighted by molar-refractivity contribution is -0.116. The lowest BCUT2D eigenvalue weighted by Crippen LogP contribution is -2.13.